The predicted molar refractivity (Wildman–Crippen MR) is 107 cm³/mol. The first-order chi connectivity index (χ1) is 14.3. The number of imidazole rings is 1. The van der Waals surface area contributed by atoms with Crippen molar-refractivity contribution in [2.24, 2.45) is 0 Å². The number of methoxy groups -OCH3 is 1. The van der Waals surface area contributed by atoms with Gasteiger partial charge in [0.05, 0.1) is 12.9 Å². The van der Waals surface area contributed by atoms with Crippen LogP contribution in [0.3, 0.4) is 0 Å². The van der Waals surface area contributed by atoms with Crippen LogP contribution in [-0.2, 0) is 11.3 Å². The second-order valence-corrected chi connectivity index (χ2v) is 6.94. The maximum absolute atomic E-state index is 5.18. The standard InChI is InChI=1S/C18H22N10O/c1-29-10-9-28-12-22-14-15(20-11-21-16(14)28)25-4-2-5-26(8-7-25)17-18-24-23-13-27(18)6-3-19-17/h3,6,11-13H,2,4-5,7-10H2,1H3. The van der Waals surface area contributed by atoms with Crippen molar-refractivity contribution < 1.29 is 4.74 Å². The Morgan fingerprint density at radius 2 is 1.79 bits per heavy atom. The third-order valence-electron chi connectivity index (χ3n) is 5.21. The molecule has 0 amide bonds. The average Bonchev–Trinajstić information content (AvgIpc) is 3.33. The molecule has 11 nitrogen and oxygen atoms in total. The molecule has 1 fully saturated rings. The van der Waals surface area contributed by atoms with Crippen molar-refractivity contribution in [3.05, 3.63) is 31.4 Å². The molecule has 0 bridgehead atoms. The van der Waals surface area contributed by atoms with Crippen molar-refractivity contribution >= 4 is 28.4 Å². The molecule has 0 N–H and O–H groups in total. The highest BCUT2D eigenvalue weighted by Gasteiger charge is 2.22. The monoisotopic (exact) mass is 394 g/mol. The molecule has 0 unspecified atom stereocenters. The van der Waals surface area contributed by atoms with E-state index in [1.165, 1.54) is 0 Å². The maximum Gasteiger partial charge on any atom is 0.203 e. The molecule has 1 aliphatic rings. The highest BCUT2D eigenvalue weighted by Crippen LogP contribution is 2.24. The molecule has 0 aromatic carbocycles. The molecule has 1 aliphatic heterocycles. The van der Waals surface area contributed by atoms with E-state index < -0.39 is 0 Å². The first-order valence-electron chi connectivity index (χ1n) is 9.64. The van der Waals surface area contributed by atoms with Gasteiger partial charge >= 0.3 is 0 Å². The second-order valence-electron chi connectivity index (χ2n) is 6.94. The highest BCUT2D eigenvalue weighted by atomic mass is 16.5. The van der Waals surface area contributed by atoms with E-state index in [0.717, 1.165) is 61.0 Å². The lowest BCUT2D eigenvalue weighted by Crippen LogP contribution is -2.32. The van der Waals surface area contributed by atoms with Crippen LogP contribution >= 0.6 is 0 Å². The summed E-state index contributed by atoms with van der Waals surface area (Å²) in [7, 11) is 1.69. The molecule has 4 aromatic rings. The molecular weight excluding hydrogens is 372 g/mol. The minimum atomic E-state index is 0.616. The Kier molecular flexibility index (Phi) is 4.64. The minimum Gasteiger partial charge on any atom is -0.383 e. The molecule has 1 saturated heterocycles. The quantitative estimate of drug-likeness (QED) is 0.482. The Hall–Kier alpha value is -3.34. The summed E-state index contributed by atoms with van der Waals surface area (Å²) in [5.74, 6) is 1.74. The van der Waals surface area contributed by atoms with E-state index in [-0.39, 0.29) is 0 Å². The highest BCUT2D eigenvalue weighted by molar-refractivity contribution is 5.83. The molecule has 0 aliphatic carbocycles. The smallest absolute Gasteiger partial charge is 0.203 e. The van der Waals surface area contributed by atoms with Crippen molar-refractivity contribution in [1.82, 2.24) is 39.1 Å². The number of fused-ring (bicyclic) bond motifs is 2. The van der Waals surface area contributed by atoms with Crippen LogP contribution in [0.1, 0.15) is 6.42 Å². The number of aromatic nitrogens is 8. The Morgan fingerprint density at radius 1 is 0.931 bits per heavy atom. The molecule has 5 rings (SSSR count). The zero-order valence-corrected chi connectivity index (χ0v) is 16.2. The molecule has 29 heavy (non-hydrogen) atoms. The van der Waals surface area contributed by atoms with Crippen molar-refractivity contribution in [3.8, 4) is 0 Å². The number of nitrogens with zero attached hydrogens (tertiary/aromatic N) is 10. The van der Waals surface area contributed by atoms with Gasteiger partial charge in [0.2, 0.25) is 5.65 Å². The van der Waals surface area contributed by atoms with Crippen LogP contribution in [0.15, 0.2) is 31.4 Å². The Balaban J connectivity index is 1.40. The van der Waals surface area contributed by atoms with Gasteiger partial charge in [-0.2, -0.15) is 0 Å². The Morgan fingerprint density at radius 3 is 2.66 bits per heavy atom. The van der Waals surface area contributed by atoms with Crippen LogP contribution in [-0.4, -0.2) is 79.0 Å². The molecule has 0 saturated carbocycles. The Bertz CT molecular complexity index is 1120. The predicted octanol–water partition coefficient (Wildman–Crippen LogP) is 0.627. The van der Waals surface area contributed by atoms with Crippen LogP contribution < -0.4 is 9.80 Å². The third-order valence-corrected chi connectivity index (χ3v) is 5.21. The van der Waals surface area contributed by atoms with E-state index in [9.17, 15) is 0 Å². The zero-order valence-electron chi connectivity index (χ0n) is 16.2. The van der Waals surface area contributed by atoms with Gasteiger partial charge in [-0.3, -0.25) is 4.40 Å². The van der Waals surface area contributed by atoms with Crippen molar-refractivity contribution in [2.45, 2.75) is 13.0 Å². The summed E-state index contributed by atoms with van der Waals surface area (Å²) in [6.07, 6.45) is 9.75. The first kappa shape index (κ1) is 17.7. The average molecular weight is 394 g/mol. The van der Waals surface area contributed by atoms with Crippen LogP contribution in [0, 0.1) is 0 Å². The molecule has 0 spiro atoms. The van der Waals surface area contributed by atoms with Crippen LogP contribution in [0.2, 0.25) is 0 Å². The van der Waals surface area contributed by atoms with E-state index in [1.54, 1.807) is 26.0 Å². The van der Waals surface area contributed by atoms with Gasteiger partial charge in [-0.15, -0.1) is 10.2 Å². The number of anilines is 2. The van der Waals surface area contributed by atoms with Gasteiger partial charge in [0.15, 0.2) is 22.8 Å². The fraction of sp³-hybridized carbons (Fsp3) is 0.444. The number of hydrogen-bond acceptors (Lipinski definition) is 9. The summed E-state index contributed by atoms with van der Waals surface area (Å²) >= 11 is 0. The molecule has 0 radical (unpaired) electrons. The van der Waals surface area contributed by atoms with E-state index in [0.29, 0.717) is 13.2 Å². The number of ether oxygens (including phenoxy) is 1. The van der Waals surface area contributed by atoms with E-state index in [2.05, 4.69) is 39.9 Å². The van der Waals surface area contributed by atoms with Gasteiger partial charge in [-0.05, 0) is 6.42 Å². The topological polar surface area (TPSA) is 102 Å². The third kappa shape index (κ3) is 3.23. The summed E-state index contributed by atoms with van der Waals surface area (Å²) in [5.41, 5.74) is 2.44. The minimum absolute atomic E-state index is 0.616. The van der Waals surface area contributed by atoms with Crippen LogP contribution in [0.4, 0.5) is 11.6 Å². The SMILES string of the molecule is COCCn1cnc2c(N3CCCN(c4nccn5cnnc45)CC3)ncnc21. The molecule has 0 atom stereocenters. The fourth-order valence-corrected chi connectivity index (χ4v) is 3.76. The summed E-state index contributed by atoms with van der Waals surface area (Å²) < 4.78 is 9.08. The van der Waals surface area contributed by atoms with Crippen molar-refractivity contribution in [3.63, 3.8) is 0 Å². The van der Waals surface area contributed by atoms with E-state index in [4.69, 9.17) is 4.74 Å². The lowest BCUT2D eigenvalue weighted by atomic mass is 10.3. The second kappa shape index (κ2) is 7.59. The molecule has 5 heterocycles. The summed E-state index contributed by atoms with van der Waals surface area (Å²) in [6.45, 7) is 4.75. The zero-order chi connectivity index (χ0) is 19.6. The lowest BCUT2D eigenvalue weighted by Gasteiger charge is -2.23. The largest absolute Gasteiger partial charge is 0.383 e. The van der Waals surface area contributed by atoms with Gasteiger partial charge in [0.1, 0.15) is 12.7 Å². The summed E-state index contributed by atoms with van der Waals surface area (Å²) in [4.78, 5) is 22.7. The lowest BCUT2D eigenvalue weighted by molar-refractivity contribution is 0.188. The first-order valence-corrected chi connectivity index (χ1v) is 9.64. The molecule has 4 aromatic heterocycles. The van der Waals surface area contributed by atoms with E-state index >= 15 is 0 Å². The number of rotatable bonds is 5. The molecule has 11 heteroatoms. The van der Waals surface area contributed by atoms with Gasteiger partial charge < -0.3 is 19.1 Å². The molecule has 150 valence electrons. The van der Waals surface area contributed by atoms with Gasteiger partial charge in [-0.25, -0.2) is 19.9 Å². The fourth-order valence-electron chi connectivity index (χ4n) is 3.76. The van der Waals surface area contributed by atoms with Crippen LogP contribution in [0.25, 0.3) is 16.8 Å². The van der Waals surface area contributed by atoms with Crippen molar-refractivity contribution in [1.29, 1.82) is 0 Å². The summed E-state index contributed by atoms with van der Waals surface area (Å²) in [5, 5.41) is 8.22. The van der Waals surface area contributed by atoms with Gasteiger partial charge in [0.25, 0.3) is 0 Å². The number of hydrogen-bond donors (Lipinski definition) is 0. The van der Waals surface area contributed by atoms with Crippen molar-refractivity contribution in [2.75, 3.05) is 49.7 Å². The van der Waals surface area contributed by atoms with Gasteiger partial charge in [-0.1, -0.05) is 0 Å². The molecular formula is C18H22N10O. The maximum atomic E-state index is 5.18. The van der Waals surface area contributed by atoms with E-state index in [1.807, 2.05) is 21.5 Å². The van der Waals surface area contributed by atoms with Gasteiger partial charge in [0, 0.05) is 52.2 Å². The normalized spacial score (nSPS) is 15.3. The summed E-state index contributed by atoms with van der Waals surface area (Å²) in [6, 6.07) is 0. The Labute approximate surface area is 167 Å². The van der Waals surface area contributed by atoms with Crippen LogP contribution in [0.5, 0.6) is 0 Å².